The Balaban J connectivity index is 1.76. The number of nitrogens with zero attached hydrogens (tertiary/aromatic N) is 3. The lowest BCUT2D eigenvalue weighted by atomic mass is 9.91. The molecule has 2 fully saturated rings. The maximum Gasteiger partial charge on any atom is 0.293 e. The van der Waals surface area contributed by atoms with E-state index >= 15 is 0 Å². The van der Waals surface area contributed by atoms with E-state index in [2.05, 4.69) is 16.8 Å². The third-order valence-corrected chi connectivity index (χ3v) is 4.37. The predicted octanol–water partition coefficient (Wildman–Crippen LogP) is 1.14. The first kappa shape index (κ1) is 12.7. The Morgan fingerprint density at radius 2 is 2.00 bits per heavy atom. The van der Waals surface area contributed by atoms with Crippen LogP contribution in [0.3, 0.4) is 0 Å². The Hall–Kier alpha value is -1.36. The average molecular weight is 262 g/mol. The molecule has 1 aliphatic heterocycles. The summed E-state index contributed by atoms with van der Waals surface area (Å²) in [6.45, 7) is 3.85. The molecule has 5 nitrogen and oxygen atoms in total. The average Bonchev–Trinajstić information content (AvgIpc) is 3.23. The minimum Gasteiger partial charge on any atom is -0.352 e. The van der Waals surface area contributed by atoms with E-state index in [-0.39, 0.29) is 11.6 Å². The van der Waals surface area contributed by atoms with Crippen LogP contribution in [0.15, 0.2) is 17.2 Å². The van der Waals surface area contributed by atoms with Crippen LogP contribution < -0.4 is 16.2 Å². The van der Waals surface area contributed by atoms with Crippen LogP contribution in [0, 0.1) is 5.92 Å². The van der Waals surface area contributed by atoms with Crippen molar-refractivity contribution < 1.29 is 0 Å². The quantitative estimate of drug-likeness (QED) is 0.887. The van der Waals surface area contributed by atoms with Crippen LogP contribution in [-0.4, -0.2) is 28.7 Å². The molecule has 1 saturated carbocycles. The maximum atomic E-state index is 12.4. The number of anilines is 1. The van der Waals surface area contributed by atoms with Crippen LogP contribution in [0.5, 0.6) is 0 Å². The van der Waals surface area contributed by atoms with Gasteiger partial charge in [-0.1, -0.05) is 0 Å². The highest BCUT2D eigenvalue weighted by Crippen LogP contribution is 2.33. The molecule has 1 saturated heterocycles. The zero-order valence-electron chi connectivity index (χ0n) is 11.5. The number of nitrogens with two attached hydrogens (primary N) is 1. The molecule has 1 aliphatic carbocycles. The largest absolute Gasteiger partial charge is 0.352 e. The summed E-state index contributed by atoms with van der Waals surface area (Å²) in [7, 11) is 0. The Morgan fingerprint density at radius 3 is 2.58 bits per heavy atom. The molecule has 2 aliphatic rings. The molecular formula is C14H22N4O. The second-order valence-corrected chi connectivity index (χ2v) is 5.88. The van der Waals surface area contributed by atoms with Gasteiger partial charge >= 0.3 is 0 Å². The van der Waals surface area contributed by atoms with E-state index < -0.39 is 0 Å². The third kappa shape index (κ3) is 2.52. The summed E-state index contributed by atoms with van der Waals surface area (Å²) in [5, 5.41) is 0. The smallest absolute Gasteiger partial charge is 0.293 e. The molecule has 19 heavy (non-hydrogen) atoms. The molecule has 3 rings (SSSR count). The van der Waals surface area contributed by atoms with E-state index in [1.165, 1.54) is 0 Å². The van der Waals surface area contributed by atoms with Crippen molar-refractivity contribution in [3.05, 3.63) is 22.7 Å². The van der Waals surface area contributed by atoms with Crippen molar-refractivity contribution in [2.45, 2.75) is 44.7 Å². The summed E-state index contributed by atoms with van der Waals surface area (Å²) >= 11 is 0. The van der Waals surface area contributed by atoms with Gasteiger partial charge in [0, 0.05) is 37.6 Å². The van der Waals surface area contributed by atoms with Crippen LogP contribution in [0.25, 0.3) is 0 Å². The summed E-state index contributed by atoms with van der Waals surface area (Å²) in [4.78, 5) is 18.8. The van der Waals surface area contributed by atoms with Gasteiger partial charge in [-0.2, -0.15) is 0 Å². The zero-order chi connectivity index (χ0) is 13.4. The second kappa shape index (κ2) is 4.96. The molecule has 0 amide bonds. The number of hydrogen-bond donors (Lipinski definition) is 1. The van der Waals surface area contributed by atoms with E-state index in [4.69, 9.17) is 5.73 Å². The fraction of sp³-hybridized carbons (Fsp3) is 0.714. The van der Waals surface area contributed by atoms with Gasteiger partial charge in [-0.05, 0) is 38.5 Å². The lowest BCUT2D eigenvalue weighted by Gasteiger charge is -2.34. The van der Waals surface area contributed by atoms with Crippen molar-refractivity contribution in [2.24, 2.45) is 11.7 Å². The first-order valence-corrected chi connectivity index (χ1v) is 7.24. The Kier molecular flexibility index (Phi) is 3.31. The van der Waals surface area contributed by atoms with E-state index in [9.17, 15) is 4.79 Å². The first-order chi connectivity index (χ1) is 9.16. The molecule has 0 aromatic carbocycles. The van der Waals surface area contributed by atoms with Crippen molar-refractivity contribution in [1.82, 2.24) is 9.55 Å². The standard InChI is InChI=1S/C14H22N4O/c1-10(15)11-4-7-17(8-5-11)13-14(19)18(9-6-16-13)12-2-3-12/h6,9-12H,2-5,7-8,15H2,1H3. The number of rotatable bonds is 3. The SMILES string of the molecule is CC(N)C1CCN(c2nccn(C3CC3)c2=O)CC1. The highest BCUT2D eigenvalue weighted by atomic mass is 16.1. The van der Waals surface area contributed by atoms with Crippen molar-refractivity contribution in [3.63, 3.8) is 0 Å². The second-order valence-electron chi connectivity index (χ2n) is 5.88. The fourth-order valence-electron chi connectivity index (χ4n) is 2.91. The van der Waals surface area contributed by atoms with Crippen molar-refractivity contribution in [2.75, 3.05) is 18.0 Å². The monoisotopic (exact) mass is 262 g/mol. The van der Waals surface area contributed by atoms with Crippen molar-refractivity contribution in [1.29, 1.82) is 0 Å². The Labute approximate surface area is 113 Å². The lowest BCUT2D eigenvalue weighted by molar-refractivity contribution is 0.353. The van der Waals surface area contributed by atoms with Crippen LogP contribution in [0.1, 0.15) is 38.6 Å². The van der Waals surface area contributed by atoms with Gasteiger partial charge in [-0.25, -0.2) is 4.98 Å². The Bertz CT molecular complexity index is 498. The van der Waals surface area contributed by atoms with Gasteiger partial charge in [-0.15, -0.1) is 0 Å². The van der Waals surface area contributed by atoms with Crippen LogP contribution in [-0.2, 0) is 0 Å². The number of aromatic nitrogens is 2. The maximum absolute atomic E-state index is 12.4. The highest BCUT2D eigenvalue weighted by molar-refractivity contribution is 5.36. The molecule has 0 radical (unpaired) electrons. The van der Waals surface area contributed by atoms with Crippen molar-refractivity contribution in [3.8, 4) is 0 Å². The van der Waals surface area contributed by atoms with E-state index in [1.54, 1.807) is 6.20 Å². The van der Waals surface area contributed by atoms with Gasteiger partial charge in [0.15, 0.2) is 5.82 Å². The molecule has 2 N–H and O–H groups in total. The zero-order valence-corrected chi connectivity index (χ0v) is 11.5. The summed E-state index contributed by atoms with van der Waals surface area (Å²) in [5.41, 5.74) is 6.03. The van der Waals surface area contributed by atoms with E-state index in [0.29, 0.717) is 17.8 Å². The molecule has 1 aromatic heterocycles. The van der Waals surface area contributed by atoms with Gasteiger partial charge in [0.2, 0.25) is 0 Å². The summed E-state index contributed by atoms with van der Waals surface area (Å²) < 4.78 is 1.85. The first-order valence-electron chi connectivity index (χ1n) is 7.24. The summed E-state index contributed by atoms with van der Waals surface area (Å²) in [6.07, 6.45) is 7.92. The number of hydrogen-bond acceptors (Lipinski definition) is 4. The van der Waals surface area contributed by atoms with Gasteiger partial charge in [0.05, 0.1) is 0 Å². The van der Waals surface area contributed by atoms with E-state index in [1.807, 2.05) is 10.8 Å². The third-order valence-electron chi connectivity index (χ3n) is 4.37. The van der Waals surface area contributed by atoms with Gasteiger partial charge in [0.25, 0.3) is 5.56 Å². The molecule has 2 heterocycles. The highest BCUT2D eigenvalue weighted by Gasteiger charge is 2.28. The molecule has 5 heteroatoms. The van der Waals surface area contributed by atoms with Crippen LogP contribution in [0.4, 0.5) is 5.82 Å². The fourth-order valence-corrected chi connectivity index (χ4v) is 2.91. The molecule has 1 aromatic rings. The van der Waals surface area contributed by atoms with Crippen molar-refractivity contribution >= 4 is 5.82 Å². The summed E-state index contributed by atoms with van der Waals surface area (Å²) in [5.74, 6) is 1.20. The Morgan fingerprint density at radius 1 is 1.32 bits per heavy atom. The minimum atomic E-state index is 0.0734. The van der Waals surface area contributed by atoms with Gasteiger partial charge < -0.3 is 15.2 Å². The summed E-state index contributed by atoms with van der Waals surface area (Å²) in [6, 6.07) is 0.657. The molecular weight excluding hydrogens is 240 g/mol. The van der Waals surface area contributed by atoms with Gasteiger partial charge in [-0.3, -0.25) is 4.79 Å². The van der Waals surface area contributed by atoms with Gasteiger partial charge in [0.1, 0.15) is 0 Å². The molecule has 104 valence electrons. The van der Waals surface area contributed by atoms with Crippen LogP contribution >= 0.6 is 0 Å². The number of piperidine rings is 1. The molecule has 0 spiro atoms. The molecule has 1 atom stereocenters. The minimum absolute atomic E-state index is 0.0734. The lowest BCUT2D eigenvalue weighted by Crippen LogP contribution is -2.42. The predicted molar refractivity (Wildman–Crippen MR) is 75.4 cm³/mol. The topological polar surface area (TPSA) is 64.2 Å². The molecule has 0 bridgehead atoms. The van der Waals surface area contributed by atoms with Crippen LogP contribution in [0.2, 0.25) is 0 Å². The normalized spacial score (nSPS) is 22.5. The van der Waals surface area contributed by atoms with E-state index in [0.717, 1.165) is 38.8 Å². The molecule has 1 unspecified atom stereocenters.